The average Bonchev–Trinajstić information content (AvgIpc) is 2.40. The molecule has 0 aromatic carbocycles. The molecule has 0 spiro atoms. The van der Waals surface area contributed by atoms with E-state index in [9.17, 15) is 4.79 Å². The van der Waals surface area contributed by atoms with E-state index in [4.69, 9.17) is 0 Å². The lowest BCUT2D eigenvalue weighted by Crippen LogP contribution is -2.32. The van der Waals surface area contributed by atoms with Crippen LogP contribution in [0.3, 0.4) is 0 Å². The minimum atomic E-state index is -0.0936. The second-order valence-corrected chi connectivity index (χ2v) is 6.39. The van der Waals surface area contributed by atoms with Crippen molar-refractivity contribution in [2.45, 2.75) is 51.2 Å². The monoisotopic (exact) mass is 283 g/mol. The molecule has 0 bridgehead atoms. The first-order valence-corrected chi connectivity index (χ1v) is 8.09. The van der Waals surface area contributed by atoms with Crippen LogP contribution in [0.5, 0.6) is 0 Å². The van der Waals surface area contributed by atoms with E-state index in [1.807, 2.05) is 25.6 Å². The van der Waals surface area contributed by atoms with Crippen molar-refractivity contribution in [2.24, 2.45) is 0 Å². The van der Waals surface area contributed by atoms with Gasteiger partial charge in [-0.05, 0) is 19.1 Å². The zero-order chi connectivity index (χ0) is 14.5. The van der Waals surface area contributed by atoms with Crippen LogP contribution in [-0.4, -0.2) is 27.5 Å². The van der Waals surface area contributed by atoms with Crippen molar-refractivity contribution in [2.75, 3.05) is 18.1 Å². The maximum Gasteiger partial charge on any atom is 0.252 e. The van der Waals surface area contributed by atoms with E-state index in [2.05, 4.69) is 35.4 Å². The first kappa shape index (κ1) is 16.1. The van der Waals surface area contributed by atoms with Crippen LogP contribution in [-0.2, 0) is 0 Å². The van der Waals surface area contributed by atoms with Crippen molar-refractivity contribution in [3.63, 3.8) is 0 Å². The fraction of sp³-hybridized carbons (Fsp3) is 0.714. The predicted molar refractivity (Wildman–Crippen MR) is 84.3 cm³/mol. The average molecular weight is 283 g/mol. The SMILES string of the molecule is CCC(CC)(CNc1cc(=O)[nH]c(C(C)C)n1)SC. The Morgan fingerprint density at radius 3 is 2.53 bits per heavy atom. The first-order chi connectivity index (χ1) is 8.96. The van der Waals surface area contributed by atoms with Crippen molar-refractivity contribution in [1.82, 2.24) is 9.97 Å². The van der Waals surface area contributed by atoms with Crippen LogP contribution in [0.4, 0.5) is 5.82 Å². The Labute approximate surface area is 119 Å². The highest BCUT2D eigenvalue weighted by Crippen LogP contribution is 2.30. The number of hydrogen-bond donors (Lipinski definition) is 2. The molecule has 0 saturated carbocycles. The van der Waals surface area contributed by atoms with E-state index in [0.717, 1.165) is 25.2 Å². The standard InChI is InChI=1S/C14H25N3OS/c1-6-14(7-2,19-5)9-15-11-8-12(18)17-13(16-11)10(3)4/h8,10H,6-7,9H2,1-5H3,(H2,15,16,17,18). The third kappa shape index (κ3) is 4.27. The van der Waals surface area contributed by atoms with Gasteiger partial charge in [-0.3, -0.25) is 4.79 Å². The highest BCUT2D eigenvalue weighted by molar-refractivity contribution is 8.00. The van der Waals surface area contributed by atoms with Crippen LogP contribution in [0.2, 0.25) is 0 Å². The van der Waals surface area contributed by atoms with Crippen LogP contribution in [0.15, 0.2) is 10.9 Å². The maximum absolute atomic E-state index is 11.6. The quantitative estimate of drug-likeness (QED) is 0.806. The number of hydrogen-bond acceptors (Lipinski definition) is 4. The highest BCUT2D eigenvalue weighted by Gasteiger charge is 2.24. The molecule has 2 N–H and O–H groups in total. The molecular formula is C14H25N3OS. The van der Waals surface area contributed by atoms with Gasteiger partial charge in [0, 0.05) is 23.3 Å². The summed E-state index contributed by atoms with van der Waals surface area (Å²) >= 11 is 1.88. The van der Waals surface area contributed by atoms with Crippen LogP contribution in [0, 0.1) is 0 Å². The first-order valence-electron chi connectivity index (χ1n) is 6.86. The van der Waals surface area contributed by atoms with Gasteiger partial charge in [-0.25, -0.2) is 4.98 Å². The summed E-state index contributed by atoms with van der Waals surface area (Å²) in [5.41, 5.74) is -0.0936. The van der Waals surface area contributed by atoms with Gasteiger partial charge >= 0.3 is 0 Å². The third-order valence-electron chi connectivity index (χ3n) is 3.62. The Balaban J connectivity index is 2.85. The largest absolute Gasteiger partial charge is 0.368 e. The lowest BCUT2D eigenvalue weighted by molar-refractivity contribution is 0.573. The van der Waals surface area contributed by atoms with Crippen LogP contribution < -0.4 is 10.9 Å². The maximum atomic E-state index is 11.6. The minimum Gasteiger partial charge on any atom is -0.368 e. The topological polar surface area (TPSA) is 57.8 Å². The molecule has 0 atom stereocenters. The zero-order valence-corrected chi connectivity index (χ0v) is 13.4. The highest BCUT2D eigenvalue weighted by atomic mass is 32.2. The lowest BCUT2D eigenvalue weighted by Gasteiger charge is -2.30. The summed E-state index contributed by atoms with van der Waals surface area (Å²) in [4.78, 5) is 18.8. The van der Waals surface area contributed by atoms with Crippen molar-refractivity contribution in [3.8, 4) is 0 Å². The van der Waals surface area contributed by atoms with E-state index in [-0.39, 0.29) is 16.2 Å². The summed E-state index contributed by atoms with van der Waals surface area (Å²) in [6.45, 7) is 9.27. The molecule has 5 heteroatoms. The van der Waals surface area contributed by atoms with Crippen LogP contribution in [0.25, 0.3) is 0 Å². The number of H-pyrrole nitrogens is 1. The Bertz CT molecular complexity index is 444. The molecule has 4 nitrogen and oxygen atoms in total. The van der Waals surface area contributed by atoms with Gasteiger partial charge in [-0.2, -0.15) is 11.8 Å². The smallest absolute Gasteiger partial charge is 0.252 e. The molecule has 0 saturated heterocycles. The van der Waals surface area contributed by atoms with Crippen molar-refractivity contribution >= 4 is 17.6 Å². The molecule has 0 unspecified atom stereocenters. The van der Waals surface area contributed by atoms with Crippen molar-refractivity contribution in [3.05, 3.63) is 22.2 Å². The van der Waals surface area contributed by atoms with E-state index >= 15 is 0 Å². The fourth-order valence-electron chi connectivity index (χ4n) is 1.95. The normalized spacial score (nSPS) is 11.9. The van der Waals surface area contributed by atoms with Crippen LogP contribution in [0.1, 0.15) is 52.3 Å². The number of thioether (sulfide) groups is 1. The Morgan fingerprint density at radius 1 is 1.42 bits per heavy atom. The summed E-state index contributed by atoms with van der Waals surface area (Å²) in [6.07, 6.45) is 4.33. The van der Waals surface area contributed by atoms with E-state index < -0.39 is 0 Å². The summed E-state index contributed by atoms with van der Waals surface area (Å²) in [5, 5.41) is 3.32. The second kappa shape index (κ2) is 6.98. The molecule has 0 radical (unpaired) electrons. The Morgan fingerprint density at radius 2 is 2.05 bits per heavy atom. The molecule has 0 aliphatic rings. The number of anilines is 1. The van der Waals surface area contributed by atoms with Crippen LogP contribution >= 0.6 is 11.8 Å². The molecule has 1 rings (SSSR count). The minimum absolute atomic E-state index is 0.0936. The Kier molecular flexibility index (Phi) is 5.91. The van der Waals surface area contributed by atoms with E-state index in [1.54, 1.807) is 0 Å². The molecule has 1 heterocycles. The molecule has 1 aromatic heterocycles. The summed E-state index contributed by atoms with van der Waals surface area (Å²) < 4.78 is 0.211. The molecule has 0 fully saturated rings. The third-order valence-corrected chi connectivity index (χ3v) is 5.21. The van der Waals surface area contributed by atoms with Gasteiger partial charge in [0.25, 0.3) is 5.56 Å². The van der Waals surface area contributed by atoms with Gasteiger partial charge in [0.05, 0.1) is 0 Å². The van der Waals surface area contributed by atoms with Gasteiger partial charge in [0.15, 0.2) is 0 Å². The number of nitrogens with zero attached hydrogens (tertiary/aromatic N) is 1. The van der Waals surface area contributed by atoms with Gasteiger partial charge in [-0.1, -0.05) is 27.7 Å². The molecule has 108 valence electrons. The molecular weight excluding hydrogens is 258 g/mol. The number of rotatable bonds is 7. The van der Waals surface area contributed by atoms with Gasteiger partial charge in [0.1, 0.15) is 11.6 Å². The molecule has 19 heavy (non-hydrogen) atoms. The number of aromatic nitrogens is 2. The van der Waals surface area contributed by atoms with E-state index in [1.165, 1.54) is 6.07 Å². The Hall–Kier alpha value is -0.970. The summed E-state index contributed by atoms with van der Waals surface area (Å²) in [7, 11) is 0. The molecule has 0 aliphatic heterocycles. The predicted octanol–water partition coefficient (Wildman–Crippen LogP) is 3.23. The van der Waals surface area contributed by atoms with E-state index in [0.29, 0.717) is 5.82 Å². The fourth-order valence-corrected chi connectivity index (χ4v) is 2.75. The number of aromatic amines is 1. The lowest BCUT2D eigenvalue weighted by atomic mass is 10.0. The second-order valence-electron chi connectivity index (χ2n) is 5.12. The summed E-state index contributed by atoms with van der Waals surface area (Å²) in [5.74, 6) is 1.63. The molecule has 1 aromatic rings. The van der Waals surface area contributed by atoms with Crippen molar-refractivity contribution < 1.29 is 0 Å². The molecule has 0 amide bonds. The van der Waals surface area contributed by atoms with Gasteiger partial charge in [0.2, 0.25) is 0 Å². The van der Waals surface area contributed by atoms with Crippen molar-refractivity contribution in [1.29, 1.82) is 0 Å². The zero-order valence-electron chi connectivity index (χ0n) is 12.5. The molecule has 0 aliphatic carbocycles. The summed E-state index contributed by atoms with van der Waals surface area (Å²) in [6, 6.07) is 1.53. The van der Waals surface area contributed by atoms with Gasteiger partial charge < -0.3 is 10.3 Å². The number of nitrogens with one attached hydrogen (secondary N) is 2. The van der Waals surface area contributed by atoms with Gasteiger partial charge in [-0.15, -0.1) is 0 Å².